The summed E-state index contributed by atoms with van der Waals surface area (Å²) in [4.78, 5) is 18.3. The van der Waals surface area contributed by atoms with Gasteiger partial charge in [0.2, 0.25) is 0 Å². The van der Waals surface area contributed by atoms with Crippen LogP contribution in [0.15, 0.2) is 95.8 Å². The summed E-state index contributed by atoms with van der Waals surface area (Å²) >= 11 is 2.19. The van der Waals surface area contributed by atoms with Crippen molar-refractivity contribution in [2.75, 3.05) is 5.32 Å². The largest absolute Gasteiger partial charge is 0.461 e. The number of hydrogen-bond acceptors (Lipinski definition) is 6. The minimum Gasteiger partial charge on any atom is -0.428 e. The van der Waals surface area contributed by atoms with Gasteiger partial charge in [-0.2, -0.15) is 17.6 Å². The number of urea groups is 1. The van der Waals surface area contributed by atoms with Crippen LogP contribution in [0.1, 0.15) is 22.4 Å². The maximum absolute atomic E-state index is 13.9. The van der Waals surface area contributed by atoms with Crippen LogP contribution < -0.4 is 15.4 Å². The summed E-state index contributed by atoms with van der Waals surface area (Å²) in [5.74, 6) is -0.514. The van der Waals surface area contributed by atoms with E-state index in [1.54, 1.807) is 36.5 Å². The van der Waals surface area contributed by atoms with Crippen LogP contribution in [0.2, 0.25) is 0 Å². The average molecular weight is 691 g/mol. The van der Waals surface area contributed by atoms with E-state index < -0.39 is 29.9 Å². The summed E-state index contributed by atoms with van der Waals surface area (Å²) in [7, 11) is 0. The third kappa shape index (κ3) is 6.30. The van der Waals surface area contributed by atoms with Gasteiger partial charge >= 0.3 is 18.6 Å². The number of ether oxygens (including phenoxy) is 1. The number of amides is 2. The van der Waals surface area contributed by atoms with Crippen LogP contribution in [-0.2, 0) is 16.4 Å². The van der Waals surface area contributed by atoms with Crippen molar-refractivity contribution < 1.29 is 31.7 Å². The lowest BCUT2D eigenvalue weighted by atomic mass is 9.80. The number of carbonyl (C=O) groups is 1. The number of halogens is 5. The molecule has 2 amide bonds. The van der Waals surface area contributed by atoms with Crippen LogP contribution >= 0.6 is 22.6 Å². The van der Waals surface area contributed by atoms with E-state index in [1.165, 1.54) is 12.1 Å². The molecule has 0 unspecified atom stereocenters. The topological polar surface area (TPSA) is 102 Å². The fourth-order valence-electron chi connectivity index (χ4n) is 4.46. The Hall–Kier alpha value is -4.27. The van der Waals surface area contributed by atoms with Crippen LogP contribution in [0.5, 0.6) is 5.75 Å². The molecule has 0 saturated carbocycles. The van der Waals surface area contributed by atoms with Gasteiger partial charge in [0.1, 0.15) is 16.8 Å². The molecule has 0 spiro atoms. The highest BCUT2D eigenvalue weighted by Crippen LogP contribution is 2.36. The van der Waals surface area contributed by atoms with E-state index in [1.807, 2.05) is 36.4 Å². The molecule has 2 aromatic heterocycles. The number of nitrogens with one attached hydrogen (secondary N) is 2. The molecule has 13 heteroatoms. The maximum Gasteiger partial charge on any atom is 0.461 e. The van der Waals surface area contributed by atoms with Crippen molar-refractivity contribution in [2.24, 2.45) is 0 Å². The van der Waals surface area contributed by atoms with Crippen molar-refractivity contribution in [3.8, 4) is 5.75 Å². The predicted molar refractivity (Wildman–Crippen MR) is 155 cm³/mol. The lowest BCUT2D eigenvalue weighted by molar-refractivity contribution is -0.253. The van der Waals surface area contributed by atoms with E-state index in [-0.39, 0.29) is 12.0 Å². The summed E-state index contributed by atoms with van der Waals surface area (Å²) in [5, 5.41) is 13.4. The van der Waals surface area contributed by atoms with E-state index in [0.29, 0.717) is 26.8 Å². The van der Waals surface area contributed by atoms with Crippen LogP contribution in [0.25, 0.3) is 11.0 Å². The van der Waals surface area contributed by atoms with Gasteiger partial charge in [-0.15, -0.1) is 0 Å². The first-order valence-corrected chi connectivity index (χ1v) is 14.0. The van der Waals surface area contributed by atoms with Gasteiger partial charge in [-0.05, 0) is 57.3 Å². The van der Waals surface area contributed by atoms with Crippen LogP contribution in [-0.4, -0.2) is 33.9 Å². The van der Waals surface area contributed by atoms with Crippen molar-refractivity contribution in [1.29, 1.82) is 0 Å². The molecule has 0 fully saturated rings. The molecule has 3 aromatic carbocycles. The highest BCUT2D eigenvalue weighted by molar-refractivity contribution is 14.1. The Bertz CT molecular complexity index is 1670. The zero-order valence-electron chi connectivity index (χ0n) is 21.6. The summed E-state index contributed by atoms with van der Waals surface area (Å²) in [6.07, 6.45) is -7.01. The molecule has 5 rings (SSSR count). The molecular weight excluding hydrogens is 669 g/mol. The summed E-state index contributed by atoms with van der Waals surface area (Å²) in [6, 6.07) is 22.2. The highest BCUT2D eigenvalue weighted by Gasteiger charge is 2.44. The SMILES string of the molecule is O=C(Nc1cccc2nonc12)N[C@@](Cc1ccccc1)(c1cccc(OC(F)(F)C(F)F)c1)c1ccc(CI)cn1. The molecule has 42 heavy (non-hydrogen) atoms. The van der Waals surface area contributed by atoms with Crippen LogP contribution in [0.4, 0.5) is 28.0 Å². The van der Waals surface area contributed by atoms with Gasteiger partial charge in [0, 0.05) is 17.0 Å². The van der Waals surface area contributed by atoms with Crippen molar-refractivity contribution in [2.45, 2.75) is 28.9 Å². The molecule has 1 atom stereocenters. The van der Waals surface area contributed by atoms with Crippen molar-refractivity contribution >= 4 is 45.3 Å². The lowest BCUT2D eigenvalue weighted by Gasteiger charge is -2.36. The number of fused-ring (bicyclic) bond motifs is 1. The zero-order chi connectivity index (χ0) is 29.7. The van der Waals surface area contributed by atoms with Gasteiger partial charge in [-0.3, -0.25) is 4.98 Å². The Morgan fingerprint density at radius 1 is 0.952 bits per heavy atom. The number of nitrogens with zero attached hydrogens (tertiary/aromatic N) is 3. The number of pyridine rings is 1. The number of hydrogen-bond donors (Lipinski definition) is 2. The quantitative estimate of drug-likeness (QED) is 0.0921. The summed E-state index contributed by atoms with van der Waals surface area (Å²) in [6.45, 7) is 0. The number of rotatable bonds is 10. The first kappa shape index (κ1) is 29.2. The van der Waals surface area contributed by atoms with E-state index in [0.717, 1.165) is 17.2 Å². The molecule has 0 saturated heterocycles. The monoisotopic (exact) mass is 691 g/mol. The van der Waals surface area contributed by atoms with E-state index >= 15 is 0 Å². The van der Waals surface area contributed by atoms with Gasteiger partial charge in [0.05, 0.1) is 11.4 Å². The number of carbonyl (C=O) groups excluding carboxylic acids is 1. The van der Waals surface area contributed by atoms with E-state index in [9.17, 15) is 22.4 Å². The van der Waals surface area contributed by atoms with Gasteiger partial charge in [-0.25, -0.2) is 9.42 Å². The highest BCUT2D eigenvalue weighted by atomic mass is 127. The zero-order valence-corrected chi connectivity index (χ0v) is 23.8. The molecule has 5 aromatic rings. The molecule has 0 aliphatic heterocycles. The van der Waals surface area contributed by atoms with Gasteiger partial charge in [-0.1, -0.05) is 77.2 Å². The number of anilines is 1. The molecular formula is C29H22F4IN5O3. The normalized spacial score (nSPS) is 13.1. The average Bonchev–Trinajstić information content (AvgIpc) is 3.47. The second kappa shape index (κ2) is 12.3. The molecule has 216 valence electrons. The summed E-state index contributed by atoms with van der Waals surface area (Å²) in [5.41, 5.74) is 1.88. The fourth-order valence-corrected chi connectivity index (χ4v) is 4.91. The van der Waals surface area contributed by atoms with Crippen molar-refractivity contribution in [3.05, 3.63) is 114 Å². The smallest absolute Gasteiger partial charge is 0.428 e. The maximum atomic E-state index is 13.9. The third-order valence-corrected chi connectivity index (χ3v) is 7.31. The molecule has 8 nitrogen and oxygen atoms in total. The first-order chi connectivity index (χ1) is 20.2. The molecule has 2 N–H and O–H groups in total. The van der Waals surface area contributed by atoms with Crippen LogP contribution in [0, 0.1) is 0 Å². The molecule has 0 bridgehead atoms. The number of aromatic nitrogens is 3. The van der Waals surface area contributed by atoms with Gasteiger partial charge in [0.25, 0.3) is 0 Å². The minimum absolute atomic E-state index is 0.113. The minimum atomic E-state index is -4.73. The summed E-state index contributed by atoms with van der Waals surface area (Å²) < 4.78 is 63.5. The van der Waals surface area contributed by atoms with Crippen LogP contribution in [0.3, 0.4) is 0 Å². The van der Waals surface area contributed by atoms with E-state index in [2.05, 4.69) is 53.3 Å². The van der Waals surface area contributed by atoms with Crippen molar-refractivity contribution in [1.82, 2.24) is 20.6 Å². The Morgan fingerprint density at radius 2 is 1.74 bits per heavy atom. The predicted octanol–water partition coefficient (Wildman–Crippen LogP) is 7.10. The number of alkyl halides is 5. The van der Waals surface area contributed by atoms with Gasteiger partial charge < -0.3 is 15.4 Å². The standard InChI is InChI=1S/C29H22F4IN5O3/c30-26(31)29(32,33)41-21-9-4-8-20(14-21)28(15-18-6-2-1-3-7-18,24-13-12-19(16-34)17-35-24)37-27(40)36-22-10-5-11-23-25(22)39-42-38-23/h1-14,17,26H,15-16H2,(H2,36,37,40)/t28-/m0/s1. The lowest BCUT2D eigenvalue weighted by Crippen LogP contribution is -2.50. The Labute approximate surface area is 250 Å². The third-order valence-electron chi connectivity index (χ3n) is 6.42. The Balaban J connectivity index is 1.63. The molecule has 0 aliphatic rings. The second-order valence-corrected chi connectivity index (χ2v) is 10.0. The second-order valence-electron chi connectivity index (χ2n) is 9.26. The van der Waals surface area contributed by atoms with E-state index in [4.69, 9.17) is 4.63 Å². The first-order valence-electron chi connectivity index (χ1n) is 12.5. The Kier molecular flexibility index (Phi) is 8.56. The fraction of sp³-hybridized carbons (Fsp3) is 0.172. The van der Waals surface area contributed by atoms with Gasteiger partial charge in [0.15, 0.2) is 5.52 Å². The molecule has 2 heterocycles. The molecule has 0 radical (unpaired) electrons. The number of benzene rings is 3. The molecule has 0 aliphatic carbocycles. The Morgan fingerprint density at radius 3 is 2.45 bits per heavy atom. The van der Waals surface area contributed by atoms with Crippen molar-refractivity contribution in [3.63, 3.8) is 0 Å².